The van der Waals surface area contributed by atoms with E-state index in [0.717, 1.165) is 5.56 Å². The van der Waals surface area contributed by atoms with Crippen molar-refractivity contribution in [2.45, 2.75) is 4.90 Å². The van der Waals surface area contributed by atoms with Crippen LogP contribution < -0.4 is 16.3 Å². The molecule has 14 heavy (non-hydrogen) atoms. The second-order valence-corrected chi connectivity index (χ2v) is 3.87. The number of hydrogen-bond acceptors (Lipinski definition) is 2. The van der Waals surface area contributed by atoms with Gasteiger partial charge in [0.1, 0.15) is 0 Å². The van der Waals surface area contributed by atoms with Crippen molar-refractivity contribution < 1.29 is 5.10 Å². The molecule has 1 aromatic carbocycles. The molecule has 0 spiro atoms. The first-order valence-corrected chi connectivity index (χ1v) is 5.64. The van der Waals surface area contributed by atoms with E-state index in [-0.39, 0.29) is 5.11 Å². The number of benzene rings is 1. The topological polar surface area (TPSA) is 52.0 Å². The molecule has 0 fully saturated rings. The minimum absolute atomic E-state index is 0.224. The van der Waals surface area contributed by atoms with Crippen LogP contribution in [-0.2, 0) is 0 Å². The zero-order valence-corrected chi connectivity index (χ0v) is 9.41. The molecule has 5 heteroatoms. The average Bonchev–Trinajstić information content (AvgIpc) is 2.18. The molecule has 0 amide bonds. The van der Waals surface area contributed by atoms with Gasteiger partial charge in [-0.2, -0.15) is 0 Å². The average molecular weight is 226 g/mol. The van der Waals surface area contributed by atoms with Gasteiger partial charge in [-0.1, -0.05) is 0 Å². The Morgan fingerprint density at radius 2 is 2.14 bits per heavy atom. The van der Waals surface area contributed by atoms with Crippen LogP contribution in [0.25, 0.3) is 0 Å². The Hall–Kier alpha value is -1.07. The van der Waals surface area contributed by atoms with E-state index < -0.39 is 0 Å². The molecule has 0 atom stereocenters. The standard InChI is InChI=1S/C9H11N3S2/c1-14-8-4-2-7(3-5-8)6-11-12-9(10)13/h2-6H,1H3,(H3,10,12,13)/p+1. The molecule has 0 aromatic heterocycles. The van der Waals surface area contributed by atoms with E-state index in [1.165, 1.54) is 4.90 Å². The van der Waals surface area contributed by atoms with Gasteiger partial charge in [-0.25, -0.2) is 0 Å². The number of thiocarbonyl (C=S) groups is 1. The summed E-state index contributed by atoms with van der Waals surface area (Å²) in [5.41, 5.74) is 8.92. The number of thioether (sulfide) groups is 1. The van der Waals surface area contributed by atoms with Crippen molar-refractivity contribution in [3.63, 3.8) is 0 Å². The fraction of sp³-hybridized carbons (Fsp3) is 0.111. The summed E-state index contributed by atoms with van der Waals surface area (Å²) in [6.45, 7) is 0. The molecule has 1 aromatic rings. The van der Waals surface area contributed by atoms with Crippen LogP contribution in [0.3, 0.4) is 0 Å². The van der Waals surface area contributed by atoms with E-state index in [9.17, 15) is 0 Å². The molecule has 4 N–H and O–H groups in total. The van der Waals surface area contributed by atoms with Gasteiger partial charge < -0.3 is 5.73 Å². The summed E-state index contributed by atoms with van der Waals surface area (Å²) in [5.74, 6) is 0. The second-order valence-electron chi connectivity index (χ2n) is 2.55. The molecule has 0 saturated carbocycles. The highest BCUT2D eigenvalue weighted by molar-refractivity contribution is 7.98. The van der Waals surface area contributed by atoms with E-state index >= 15 is 0 Å². The predicted octanol–water partition coefficient (Wildman–Crippen LogP) is -0.344. The van der Waals surface area contributed by atoms with Gasteiger partial charge in [-0.05, 0) is 42.7 Å². The Kier molecular flexibility index (Phi) is 4.42. The maximum Gasteiger partial charge on any atom is 0.221 e. The van der Waals surface area contributed by atoms with Crippen molar-refractivity contribution in [3.05, 3.63) is 29.8 Å². The zero-order valence-electron chi connectivity index (χ0n) is 7.78. The third-order valence-corrected chi connectivity index (χ3v) is 2.40. The molecule has 0 unspecified atom stereocenters. The Balaban J connectivity index is 2.59. The second kappa shape index (κ2) is 5.62. The van der Waals surface area contributed by atoms with Gasteiger partial charge in [-0.15, -0.1) is 22.3 Å². The molecule has 0 aliphatic carbocycles. The van der Waals surface area contributed by atoms with Gasteiger partial charge in [0.25, 0.3) is 0 Å². The van der Waals surface area contributed by atoms with Crippen LogP contribution in [0.4, 0.5) is 0 Å². The first kappa shape index (κ1) is 11.0. The first-order valence-electron chi connectivity index (χ1n) is 4.00. The minimum atomic E-state index is 0.224. The Morgan fingerprint density at radius 1 is 1.50 bits per heavy atom. The van der Waals surface area contributed by atoms with Crippen LogP contribution in [-0.4, -0.2) is 17.6 Å². The normalized spacial score (nSPS) is 10.4. The minimum Gasteiger partial charge on any atom is -0.372 e. The number of hydrazine groups is 1. The van der Waals surface area contributed by atoms with Crippen LogP contribution in [0.1, 0.15) is 5.56 Å². The van der Waals surface area contributed by atoms with E-state index in [2.05, 4.69) is 34.9 Å². The van der Waals surface area contributed by atoms with Crippen molar-refractivity contribution in [1.82, 2.24) is 5.43 Å². The van der Waals surface area contributed by atoms with E-state index in [1.807, 2.05) is 18.4 Å². The lowest BCUT2D eigenvalue weighted by Gasteiger charge is -1.94. The third kappa shape index (κ3) is 3.76. The van der Waals surface area contributed by atoms with E-state index in [0.29, 0.717) is 0 Å². The van der Waals surface area contributed by atoms with Gasteiger partial charge in [-0.3, -0.25) is 0 Å². The predicted molar refractivity (Wildman–Crippen MR) is 64.3 cm³/mol. The highest BCUT2D eigenvalue weighted by atomic mass is 32.2. The maximum absolute atomic E-state index is 5.24. The SMILES string of the molecule is CSc1ccc(C=[NH+]NC(N)=S)cc1. The molecule has 3 nitrogen and oxygen atoms in total. The van der Waals surface area contributed by atoms with E-state index in [4.69, 9.17) is 5.73 Å². The molecular weight excluding hydrogens is 214 g/mol. The van der Waals surface area contributed by atoms with Gasteiger partial charge in [0.05, 0.1) is 0 Å². The first-order chi connectivity index (χ1) is 6.72. The van der Waals surface area contributed by atoms with Crippen LogP contribution in [0.2, 0.25) is 0 Å². The summed E-state index contributed by atoms with van der Waals surface area (Å²) in [7, 11) is 0. The largest absolute Gasteiger partial charge is 0.372 e. The molecule has 0 aliphatic heterocycles. The van der Waals surface area contributed by atoms with Crippen LogP contribution in [0.15, 0.2) is 29.2 Å². The van der Waals surface area contributed by atoms with Gasteiger partial charge in [0.15, 0.2) is 6.21 Å². The lowest BCUT2D eigenvalue weighted by molar-refractivity contribution is -0.499. The quantitative estimate of drug-likeness (QED) is 0.286. The van der Waals surface area contributed by atoms with Crippen molar-refractivity contribution in [1.29, 1.82) is 0 Å². The molecule has 1 rings (SSSR count). The lowest BCUT2D eigenvalue weighted by atomic mass is 10.2. The summed E-state index contributed by atoms with van der Waals surface area (Å²) in [4.78, 5) is 1.24. The summed E-state index contributed by atoms with van der Waals surface area (Å²) in [6, 6.07) is 8.14. The lowest BCUT2D eigenvalue weighted by Crippen LogP contribution is -2.82. The van der Waals surface area contributed by atoms with Gasteiger partial charge >= 0.3 is 0 Å². The van der Waals surface area contributed by atoms with E-state index in [1.54, 1.807) is 18.0 Å². The van der Waals surface area contributed by atoms with Crippen molar-refractivity contribution in [3.8, 4) is 0 Å². The Labute approximate surface area is 92.8 Å². The fourth-order valence-corrected chi connectivity index (χ4v) is 1.36. The molecule has 0 radical (unpaired) electrons. The van der Waals surface area contributed by atoms with Crippen LogP contribution >= 0.6 is 24.0 Å². The monoisotopic (exact) mass is 226 g/mol. The Bertz CT molecular complexity index is 332. The van der Waals surface area contributed by atoms with Crippen molar-refractivity contribution in [2.24, 2.45) is 5.73 Å². The highest BCUT2D eigenvalue weighted by Gasteiger charge is 1.93. The number of rotatable bonds is 3. The van der Waals surface area contributed by atoms with Crippen molar-refractivity contribution in [2.75, 3.05) is 6.26 Å². The summed E-state index contributed by atoms with van der Waals surface area (Å²) < 4.78 is 0. The number of hydrogen-bond donors (Lipinski definition) is 3. The van der Waals surface area contributed by atoms with Gasteiger partial charge in [0, 0.05) is 10.5 Å². The molecule has 74 valence electrons. The molecule has 0 aliphatic rings. The summed E-state index contributed by atoms with van der Waals surface area (Å²) >= 11 is 6.35. The molecule has 0 heterocycles. The highest BCUT2D eigenvalue weighted by Crippen LogP contribution is 2.13. The van der Waals surface area contributed by atoms with Gasteiger partial charge in [0.2, 0.25) is 5.11 Å². The molecule has 0 bridgehead atoms. The third-order valence-electron chi connectivity index (χ3n) is 1.55. The smallest absolute Gasteiger partial charge is 0.221 e. The van der Waals surface area contributed by atoms with Crippen molar-refractivity contribution >= 4 is 35.3 Å². The maximum atomic E-state index is 5.24. The number of nitrogens with two attached hydrogens (primary N) is 1. The fourth-order valence-electron chi connectivity index (χ4n) is 0.891. The molecular formula is C9H12N3S2+. The molecule has 0 saturated heterocycles. The Morgan fingerprint density at radius 3 is 2.64 bits per heavy atom. The zero-order chi connectivity index (χ0) is 10.4. The number of nitrogens with one attached hydrogen (secondary N) is 2. The van der Waals surface area contributed by atoms with Crippen LogP contribution in [0.5, 0.6) is 0 Å². The van der Waals surface area contributed by atoms with Crippen LogP contribution in [0, 0.1) is 0 Å². The summed E-state index contributed by atoms with van der Waals surface area (Å²) in [5, 5.41) is 3.01. The summed E-state index contributed by atoms with van der Waals surface area (Å²) in [6.07, 6.45) is 3.84. The number of hydrazone groups is 1.